The summed E-state index contributed by atoms with van der Waals surface area (Å²) in [5.74, 6) is 1.12. The van der Waals surface area contributed by atoms with Crippen LogP contribution in [0.25, 0.3) is 0 Å². The summed E-state index contributed by atoms with van der Waals surface area (Å²) in [7, 11) is -0.0143. The van der Waals surface area contributed by atoms with E-state index in [9.17, 15) is 8.42 Å². The molecule has 2 heterocycles. The molecule has 8 heteroatoms. The van der Waals surface area contributed by atoms with E-state index in [-0.39, 0.29) is 6.04 Å². The van der Waals surface area contributed by atoms with Gasteiger partial charge in [-0.05, 0) is 6.42 Å². The summed E-state index contributed by atoms with van der Waals surface area (Å²) in [6, 6.07) is -0.0401. The summed E-state index contributed by atoms with van der Waals surface area (Å²) < 4.78 is 29.7. The van der Waals surface area contributed by atoms with Gasteiger partial charge < -0.3 is 9.64 Å². The highest BCUT2D eigenvalue weighted by molar-refractivity contribution is 7.88. The number of methoxy groups -OCH3 is 1. The monoisotopic (exact) mass is 286 g/mol. The first-order valence-corrected chi connectivity index (χ1v) is 7.81. The Bertz CT molecular complexity index is 549. The van der Waals surface area contributed by atoms with Crippen molar-refractivity contribution in [2.75, 3.05) is 38.4 Å². The van der Waals surface area contributed by atoms with Crippen LogP contribution in [-0.4, -0.2) is 62.2 Å². The molecule has 2 rings (SSSR count). The minimum absolute atomic E-state index is 0.0401. The molecule has 0 bridgehead atoms. The van der Waals surface area contributed by atoms with Crippen LogP contribution in [0.4, 0.5) is 5.82 Å². The van der Waals surface area contributed by atoms with Crippen LogP contribution in [0, 0.1) is 0 Å². The van der Waals surface area contributed by atoms with Gasteiger partial charge in [0.2, 0.25) is 10.0 Å². The Morgan fingerprint density at radius 3 is 2.74 bits per heavy atom. The van der Waals surface area contributed by atoms with Crippen molar-refractivity contribution in [1.82, 2.24) is 14.3 Å². The van der Waals surface area contributed by atoms with Crippen LogP contribution < -0.4 is 9.64 Å². The number of sulfonamides is 1. The number of rotatable bonds is 4. The van der Waals surface area contributed by atoms with E-state index in [0.717, 1.165) is 13.0 Å². The molecule has 1 fully saturated rings. The zero-order valence-corrected chi connectivity index (χ0v) is 12.1. The van der Waals surface area contributed by atoms with Gasteiger partial charge in [-0.2, -0.15) is 0 Å². The van der Waals surface area contributed by atoms with Crippen LogP contribution in [0.1, 0.15) is 6.42 Å². The SMILES string of the molecule is COc1nccnc1N1CC[C@H](N(C)S(C)(=O)=O)C1. The summed E-state index contributed by atoms with van der Waals surface area (Å²) in [4.78, 5) is 10.4. The van der Waals surface area contributed by atoms with Crippen LogP contribution in [0.5, 0.6) is 5.88 Å². The largest absolute Gasteiger partial charge is 0.478 e. The van der Waals surface area contributed by atoms with Crippen molar-refractivity contribution in [3.63, 3.8) is 0 Å². The Labute approximate surface area is 113 Å². The van der Waals surface area contributed by atoms with Gasteiger partial charge in [-0.1, -0.05) is 0 Å². The quantitative estimate of drug-likeness (QED) is 0.773. The molecule has 0 unspecified atom stereocenters. The number of ether oxygens (including phenoxy) is 1. The second-order valence-electron chi connectivity index (χ2n) is 4.56. The minimum atomic E-state index is -3.17. The fourth-order valence-corrected chi connectivity index (χ4v) is 2.89. The van der Waals surface area contributed by atoms with Crippen LogP contribution in [0.3, 0.4) is 0 Å². The van der Waals surface area contributed by atoms with E-state index in [4.69, 9.17) is 4.74 Å². The summed E-state index contributed by atoms with van der Waals surface area (Å²) in [6.07, 6.45) is 5.16. The van der Waals surface area contributed by atoms with Crippen LogP contribution >= 0.6 is 0 Å². The highest BCUT2D eigenvalue weighted by atomic mass is 32.2. The van der Waals surface area contributed by atoms with Crippen LogP contribution in [0.2, 0.25) is 0 Å². The highest BCUT2D eigenvalue weighted by Gasteiger charge is 2.32. The predicted octanol–water partition coefficient (Wildman–Crippen LogP) is -0.0447. The molecule has 1 aromatic heterocycles. The van der Waals surface area contributed by atoms with E-state index in [1.54, 1.807) is 26.6 Å². The maximum Gasteiger partial charge on any atom is 0.257 e. The number of nitrogens with zero attached hydrogens (tertiary/aromatic N) is 4. The molecule has 1 aliphatic heterocycles. The second kappa shape index (κ2) is 5.30. The van der Waals surface area contributed by atoms with Crippen molar-refractivity contribution in [3.8, 4) is 5.88 Å². The molecular weight excluding hydrogens is 268 g/mol. The molecule has 0 saturated carbocycles. The molecule has 0 amide bonds. The zero-order valence-electron chi connectivity index (χ0n) is 11.3. The summed E-state index contributed by atoms with van der Waals surface area (Å²) >= 11 is 0. The van der Waals surface area contributed by atoms with Gasteiger partial charge >= 0.3 is 0 Å². The maximum absolute atomic E-state index is 11.5. The fourth-order valence-electron chi connectivity index (χ4n) is 2.18. The van der Waals surface area contributed by atoms with Gasteiger partial charge in [0.05, 0.1) is 13.4 Å². The van der Waals surface area contributed by atoms with E-state index in [2.05, 4.69) is 9.97 Å². The number of hydrogen-bond donors (Lipinski definition) is 0. The normalized spacial score (nSPS) is 20.0. The van der Waals surface area contributed by atoms with E-state index >= 15 is 0 Å². The molecule has 106 valence electrons. The third-order valence-electron chi connectivity index (χ3n) is 3.34. The molecule has 1 atom stereocenters. The van der Waals surface area contributed by atoms with Crippen molar-refractivity contribution in [1.29, 1.82) is 0 Å². The Morgan fingerprint density at radius 1 is 1.42 bits per heavy atom. The van der Waals surface area contributed by atoms with Gasteiger partial charge in [0.1, 0.15) is 0 Å². The van der Waals surface area contributed by atoms with Crippen molar-refractivity contribution >= 4 is 15.8 Å². The van der Waals surface area contributed by atoms with Gasteiger partial charge in [0.15, 0.2) is 5.82 Å². The molecule has 0 N–H and O–H groups in total. The summed E-state index contributed by atoms with van der Waals surface area (Å²) in [6.45, 7) is 1.33. The first-order valence-electron chi connectivity index (χ1n) is 5.96. The first kappa shape index (κ1) is 14.0. The first-order chi connectivity index (χ1) is 8.93. The Kier molecular flexibility index (Phi) is 3.91. The molecule has 0 aromatic carbocycles. The Balaban J connectivity index is 2.14. The fraction of sp³-hybridized carbons (Fsp3) is 0.636. The third-order valence-corrected chi connectivity index (χ3v) is 4.68. The number of anilines is 1. The number of hydrogen-bond acceptors (Lipinski definition) is 6. The lowest BCUT2D eigenvalue weighted by Crippen LogP contribution is -2.38. The van der Waals surface area contributed by atoms with Gasteiger partial charge in [0.25, 0.3) is 5.88 Å². The third kappa shape index (κ3) is 2.95. The van der Waals surface area contributed by atoms with E-state index in [0.29, 0.717) is 18.2 Å². The average Bonchev–Trinajstić information content (AvgIpc) is 2.86. The highest BCUT2D eigenvalue weighted by Crippen LogP contribution is 2.27. The molecule has 7 nitrogen and oxygen atoms in total. The molecule has 19 heavy (non-hydrogen) atoms. The standard InChI is InChI=1S/C11H18N4O3S/c1-14(19(3,16)17)9-4-7-15(8-9)10-11(18-2)13-6-5-12-10/h5-6,9H,4,7-8H2,1-3H3/t9-/m0/s1. The molecular formula is C11H18N4O3S. The van der Waals surface area contributed by atoms with Crippen molar-refractivity contribution in [3.05, 3.63) is 12.4 Å². The number of likely N-dealkylation sites (N-methyl/N-ethyl adjacent to an activating group) is 1. The molecule has 0 spiro atoms. The number of aromatic nitrogens is 2. The van der Waals surface area contributed by atoms with Crippen LogP contribution in [0.15, 0.2) is 12.4 Å². The average molecular weight is 286 g/mol. The van der Waals surface area contributed by atoms with Gasteiger partial charge in [-0.15, -0.1) is 0 Å². The molecule has 0 aliphatic carbocycles. The van der Waals surface area contributed by atoms with Crippen molar-refractivity contribution < 1.29 is 13.2 Å². The summed E-state index contributed by atoms with van der Waals surface area (Å²) in [5.41, 5.74) is 0. The lowest BCUT2D eigenvalue weighted by molar-refractivity contribution is 0.389. The smallest absolute Gasteiger partial charge is 0.257 e. The second-order valence-corrected chi connectivity index (χ2v) is 6.60. The molecule has 1 aromatic rings. The van der Waals surface area contributed by atoms with Crippen molar-refractivity contribution in [2.24, 2.45) is 0 Å². The zero-order chi connectivity index (χ0) is 14.0. The Hall–Kier alpha value is -1.41. The topological polar surface area (TPSA) is 75.6 Å². The van der Waals surface area contributed by atoms with E-state index in [1.165, 1.54) is 10.6 Å². The van der Waals surface area contributed by atoms with Gasteiger partial charge in [0, 0.05) is 38.6 Å². The van der Waals surface area contributed by atoms with E-state index < -0.39 is 10.0 Å². The molecule has 1 aliphatic rings. The van der Waals surface area contributed by atoms with Crippen molar-refractivity contribution in [2.45, 2.75) is 12.5 Å². The lowest BCUT2D eigenvalue weighted by atomic mass is 10.3. The maximum atomic E-state index is 11.5. The van der Waals surface area contributed by atoms with Crippen LogP contribution in [-0.2, 0) is 10.0 Å². The van der Waals surface area contributed by atoms with Gasteiger partial charge in [-0.3, -0.25) is 0 Å². The molecule has 0 radical (unpaired) electrons. The minimum Gasteiger partial charge on any atom is -0.478 e. The van der Waals surface area contributed by atoms with Gasteiger partial charge in [-0.25, -0.2) is 22.7 Å². The predicted molar refractivity (Wildman–Crippen MR) is 71.8 cm³/mol. The lowest BCUT2D eigenvalue weighted by Gasteiger charge is -2.23. The summed E-state index contributed by atoms with van der Waals surface area (Å²) in [5, 5.41) is 0. The van der Waals surface area contributed by atoms with E-state index in [1.807, 2.05) is 4.90 Å². The Morgan fingerprint density at radius 2 is 2.11 bits per heavy atom. The molecule has 1 saturated heterocycles.